The van der Waals surface area contributed by atoms with E-state index in [0.717, 1.165) is 19.4 Å². The molecule has 1 N–H and O–H groups in total. The van der Waals surface area contributed by atoms with Crippen LogP contribution in [0.15, 0.2) is 0 Å². The Balaban J connectivity index is 2.70. The zero-order valence-corrected chi connectivity index (χ0v) is 12.4. The van der Waals surface area contributed by atoms with Gasteiger partial charge in [0.15, 0.2) is 0 Å². The van der Waals surface area contributed by atoms with Crippen LogP contribution in [0.4, 0.5) is 0 Å². The van der Waals surface area contributed by atoms with Crippen molar-refractivity contribution in [2.24, 2.45) is 23.2 Å². The van der Waals surface area contributed by atoms with E-state index in [4.69, 9.17) is 0 Å². The summed E-state index contributed by atoms with van der Waals surface area (Å²) in [5.41, 5.74) is 0.274. The van der Waals surface area contributed by atoms with Crippen LogP contribution in [-0.2, 0) is 9.59 Å². The van der Waals surface area contributed by atoms with E-state index in [2.05, 4.69) is 26.1 Å². The lowest BCUT2D eigenvalue weighted by atomic mass is 9.61. The van der Waals surface area contributed by atoms with Gasteiger partial charge in [-0.2, -0.15) is 0 Å². The van der Waals surface area contributed by atoms with Crippen molar-refractivity contribution in [1.29, 1.82) is 0 Å². The summed E-state index contributed by atoms with van der Waals surface area (Å²) >= 11 is 0. The van der Waals surface area contributed by atoms with Gasteiger partial charge in [0, 0.05) is 19.9 Å². The zero-order chi connectivity index (χ0) is 13.9. The fourth-order valence-corrected chi connectivity index (χ4v) is 3.42. The summed E-state index contributed by atoms with van der Waals surface area (Å²) in [6.07, 6.45) is 2.92. The average Bonchev–Trinajstić information content (AvgIpc) is 2.19. The number of amides is 1. The van der Waals surface area contributed by atoms with Crippen LogP contribution in [0.3, 0.4) is 0 Å². The first-order valence-corrected chi connectivity index (χ1v) is 6.95. The van der Waals surface area contributed by atoms with Gasteiger partial charge in [-0.25, -0.2) is 0 Å². The fourth-order valence-electron chi connectivity index (χ4n) is 3.42. The molecular formula is C15H27NO2. The van der Waals surface area contributed by atoms with Gasteiger partial charge in [0.2, 0.25) is 5.91 Å². The number of nitrogens with one attached hydrogen (secondary N) is 1. The summed E-state index contributed by atoms with van der Waals surface area (Å²) < 4.78 is 0. The van der Waals surface area contributed by atoms with Gasteiger partial charge in [-0.15, -0.1) is 0 Å². The second-order valence-electron chi connectivity index (χ2n) is 6.79. The summed E-state index contributed by atoms with van der Waals surface area (Å²) in [6, 6.07) is 0. The van der Waals surface area contributed by atoms with Crippen LogP contribution in [-0.4, -0.2) is 18.2 Å². The number of hydrogen-bond acceptors (Lipinski definition) is 2. The van der Waals surface area contributed by atoms with Crippen molar-refractivity contribution < 1.29 is 9.59 Å². The monoisotopic (exact) mass is 253 g/mol. The Morgan fingerprint density at radius 2 is 1.72 bits per heavy atom. The van der Waals surface area contributed by atoms with Crippen molar-refractivity contribution in [1.82, 2.24) is 5.32 Å². The number of Topliss-reactive ketones (excluding diaryl/α,β-unsaturated/α-hetero) is 1. The molecule has 1 amide bonds. The molecule has 1 fully saturated rings. The lowest BCUT2D eigenvalue weighted by Crippen LogP contribution is -2.41. The molecule has 1 rings (SSSR count). The molecular weight excluding hydrogens is 226 g/mol. The predicted octanol–water partition coefficient (Wildman–Crippen LogP) is 2.79. The van der Waals surface area contributed by atoms with Gasteiger partial charge in [0.05, 0.1) is 0 Å². The predicted molar refractivity (Wildman–Crippen MR) is 73.1 cm³/mol. The van der Waals surface area contributed by atoms with Gasteiger partial charge >= 0.3 is 0 Å². The van der Waals surface area contributed by atoms with E-state index in [-0.39, 0.29) is 17.1 Å². The molecule has 0 bridgehead atoms. The Morgan fingerprint density at radius 3 is 2.22 bits per heavy atom. The molecule has 0 saturated heterocycles. The topological polar surface area (TPSA) is 46.2 Å². The maximum absolute atomic E-state index is 11.4. The molecule has 3 atom stereocenters. The first-order chi connectivity index (χ1) is 8.21. The van der Waals surface area contributed by atoms with Crippen LogP contribution in [0.5, 0.6) is 0 Å². The summed E-state index contributed by atoms with van der Waals surface area (Å²) in [5.74, 6) is 1.78. The third-order valence-corrected chi connectivity index (χ3v) is 4.28. The maximum atomic E-state index is 11.4. The Labute approximate surface area is 111 Å². The highest BCUT2D eigenvalue weighted by Gasteiger charge is 2.39. The lowest BCUT2D eigenvalue weighted by Gasteiger charge is -2.44. The van der Waals surface area contributed by atoms with Gasteiger partial charge in [0.25, 0.3) is 0 Å². The third kappa shape index (κ3) is 4.43. The molecule has 0 aliphatic heterocycles. The fraction of sp³-hybridized carbons (Fsp3) is 0.867. The number of hydrogen-bond donors (Lipinski definition) is 1. The van der Waals surface area contributed by atoms with Crippen LogP contribution in [0.2, 0.25) is 0 Å². The number of carbonyl (C=O) groups is 2. The highest BCUT2D eigenvalue weighted by Crippen LogP contribution is 2.46. The lowest BCUT2D eigenvalue weighted by molar-refractivity contribution is -0.121. The highest BCUT2D eigenvalue weighted by molar-refractivity contribution is 5.75. The van der Waals surface area contributed by atoms with Crippen LogP contribution in [0.1, 0.15) is 53.9 Å². The van der Waals surface area contributed by atoms with E-state index in [0.29, 0.717) is 24.2 Å². The Hall–Kier alpha value is -0.860. The first-order valence-electron chi connectivity index (χ1n) is 6.95. The van der Waals surface area contributed by atoms with Gasteiger partial charge in [0.1, 0.15) is 5.78 Å². The molecule has 0 radical (unpaired) electrons. The maximum Gasteiger partial charge on any atom is 0.216 e. The number of rotatable bonds is 4. The summed E-state index contributed by atoms with van der Waals surface area (Å²) in [5, 5.41) is 2.93. The average molecular weight is 253 g/mol. The van der Waals surface area contributed by atoms with Crippen LogP contribution in [0, 0.1) is 23.2 Å². The largest absolute Gasteiger partial charge is 0.356 e. The van der Waals surface area contributed by atoms with Crippen LogP contribution < -0.4 is 5.32 Å². The zero-order valence-electron chi connectivity index (χ0n) is 12.4. The van der Waals surface area contributed by atoms with E-state index >= 15 is 0 Å². The molecule has 3 unspecified atom stereocenters. The molecule has 3 nitrogen and oxygen atoms in total. The van der Waals surface area contributed by atoms with Gasteiger partial charge in [-0.1, -0.05) is 20.8 Å². The van der Waals surface area contributed by atoms with Crippen molar-refractivity contribution in [3.63, 3.8) is 0 Å². The van der Waals surface area contributed by atoms with Gasteiger partial charge in [-0.05, 0) is 42.9 Å². The highest BCUT2D eigenvalue weighted by atomic mass is 16.1. The molecule has 3 heteroatoms. The van der Waals surface area contributed by atoms with Crippen molar-refractivity contribution >= 4 is 11.7 Å². The summed E-state index contributed by atoms with van der Waals surface area (Å²) in [4.78, 5) is 22.4. The quantitative estimate of drug-likeness (QED) is 0.837. The molecule has 0 aromatic carbocycles. The van der Waals surface area contributed by atoms with Gasteiger partial charge < -0.3 is 10.1 Å². The molecule has 0 spiro atoms. The minimum absolute atomic E-state index is 0.0358. The summed E-state index contributed by atoms with van der Waals surface area (Å²) in [6.45, 7) is 10.8. The smallest absolute Gasteiger partial charge is 0.216 e. The van der Waals surface area contributed by atoms with Gasteiger partial charge in [-0.3, -0.25) is 4.79 Å². The molecule has 0 aromatic heterocycles. The van der Waals surface area contributed by atoms with E-state index in [1.807, 2.05) is 0 Å². The molecule has 1 saturated carbocycles. The molecule has 18 heavy (non-hydrogen) atoms. The number of ketones is 1. The van der Waals surface area contributed by atoms with Crippen molar-refractivity contribution in [3.05, 3.63) is 0 Å². The third-order valence-electron chi connectivity index (χ3n) is 4.28. The standard InChI is InChI=1S/C15H27NO2/c1-10(17)6-13-7-15(4,5)8-14(11(13)2)9-16-12(3)18/h11,13-14H,6-9H2,1-5H3,(H,16,18). The van der Waals surface area contributed by atoms with Crippen molar-refractivity contribution in [2.75, 3.05) is 6.54 Å². The molecule has 0 heterocycles. The molecule has 0 aromatic rings. The minimum atomic E-state index is 0.0358. The second kappa shape index (κ2) is 5.85. The first kappa shape index (κ1) is 15.2. The van der Waals surface area contributed by atoms with E-state index in [1.54, 1.807) is 13.8 Å². The minimum Gasteiger partial charge on any atom is -0.356 e. The van der Waals surface area contributed by atoms with Crippen LogP contribution >= 0.6 is 0 Å². The van der Waals surface area contributed by atoms with Crippen molar-refractivity contribution in [2.45, 2.75) is 53.9 Å². The Morgan fingerprint density at radius 1 is 1.17 bits per heavy atom. The summed E-state index contributed by atoms with van der Waals surface area (Å²) in [7, 11) is 0. The Bertz CT molecular complexity index is 322. The Kier molecular flexibility index (Phi) is 4.94. The molecule has 1 aliphatic rings. The van der Waals surface area contributed by atoms with E-state index in [9.17, 15) is 9.59 Å². The molecule has 1 aliphatic carbocycles. The van der Waals surface area contributed by atoms with E-state index < -0.39 is 0 Å². The van der Waals surface area contributed by atoms with E-state index in [1.165, 1.54) is 0 Å². The molecule has 104 valence electrons. The SMILES string of the molecule is CC(=O)CC1CC(C)(C)CC(CNC(C)=O)C1C. The number of carbonyl (C=O) groups excluding carboxylic acids is 2. The van der Waals surface area contributed by atoms with Crippen LogP contribution in [0.25, 0.3) is 0 Å². The second-order valence-corrected chi connectivity index (χ2v) is 6.79. The normalized spacial score (nSPS) is 30.8. The van der Waals surface area contributed by atoms with Crippen molar-refractivity contribution in [3.8, 4) is 0 Å².